The molecule has 0 bridgehead atoms. The number of thioether (sulfide) groups is 1. The number of carboxylic acid groups (broad SMARTS) is 1. The highest BCUT2D eigenvalue weighted by atomic mass is 32.2. The van der Waals surface area contributed by atoms with E-state index in [1.165, 1.54) is 11.8 Å². The molecule has 25 heavy (non-hydrogen) atoms. The molecular weight excluding hydrogens is 354 g/mol. The number of nitrogens with zero attached hydrogens (tertiary/aromatic N) is 1. The highest BCUT2D eigenvalue weighted by molar-refractivity contribution is 8.00. The summed E-state index contributed by atoms with van der Waals surface area (Å²) in [6.45, 7) is -0.0280. The van der Waals surface area contributed by atoms with Gasteiger partial charge in [0.1, 0.15) is 23.4 Å². The van der Waals surface area contributed by atoms with Crippen molar-refractivity contribution in [3.05, 3.63) is 11.3 Å². The molecule has 0 aliphatic carbocycles. The predicted molar refractivity (Wildman–Crippen MR) is 86.2 cm³/mol. The van der Waals surface area contributed by atoms with E-state index in [2.05, 4.69) is 10.2 Å². The Bertz CT molecular complexity index is 609. The first-order valence-electron chi connectivity index (χ1n) is 7.58. The molecule has 5 N–H and O–H groups in total. The van der Waals surface area contributed by atoms with Crippen LogP contribution in [0.4, 0.5) is 0 Å². The van der Waals surface area contributed by atoms with Gasteiger partial charge in [-0.3, -0.25) is 24.5 Å². The fraction of sp³-hybridized carbons (Fsp3) is 0.571. The molecule has 0 spiro atoms. The zero-order chi connectivity index (χ0) is 18.6. The van der Waals surface area contributed by atoms with E-state index in [-0.39, 0.29) is 36.0 Å². The third-order valence-corrected chi connectivity index (χ3v) is 5.23. The second kappa shape index (κ2) is 8.43. The fourth-order valence-electron chi connectivity index (χ4n) is 2.68. The van der Waals surface area contributed by atoms with Gasteiger partial charge in [0, 0.05) is 23.8 Å². The molecule has 10 nitrogen and oxygen atoms in total. The predicted octanol–water partition coefficient (Wildman–Crippen LogP) is -1.09. The van der Waals surface area contributed by atoms with Gasteiger partial charge < -0.3 is 16.2 Å². The van der Waals surface area contributed by atoms with Crippen molar-refractivity contribution in [3.63, 3.8) is 0 Å². The number of aldehydes is 1. The Morgan fingerprint density at radius 2 is 2.24 bits per heavy atom. The number of hydrogen-bond donors (Lipinski definition) is 4. The molecule has 138 valence electrons. The SMILES string of the molecule is NC(CCCC(=O)NC1C(=O)N2C(C(=O)O)=C(C=O)CSC12)COO. The number of carboxylic acids is 1. The first kappa shape index (κ1) is 19.4. The van der Waals surface area contributed by atoms with Crippen molar-refractivity contribution in [2.45, 2.75) is 36.7 Å². The van der Waals surface area contributed by atoms with Crippen LogP contribution in [0.3, 0.4) is 0 Å². The number of hydrogen-bond acceptors (Lipinski definition) is 8. The van der Waals surface area contributed by atoms with Gasteiger partial charge in [-0.25, -0.2) is 9.68 Å². The lowest BCUT2D eigenvalue weighted by Gasteiger charge is -2.49. The van der Waals surface area contributed by atoms with Gasteiger partial charge in [-0.15, -0.1) is 11.8 Å². The Kier molecular flexibility index (Phi) is 6.53. The van der Waals surface area contributed by atoms with E-state index >= 15 is 0 Å². The normalized spacial score (nSPS) is 23.6. The van der Waals surface area contributed by atoms with Crippen LogP contribution >= 0.6 is 11.8 Å². The summed E-state index contributed by atoms with van der Waals surface area (Å²) in [7, 11) is 0. The van der Waals surface area contributed by atoms with Gasteiger partial charge >= 0.3 is 5.97 Å². The van der Waals surface area contributed by atoms with Crippen LogP contribution in [0.1, 0.15) is 19.3 Å². The summed E-state index contributed by atoms with van der Waals surface area (Å²) in [5.74, 6) is -2.07. The molecule has 2 aliphatic rings. The minimum atomic E-state index is -1.34. The van der Waals surface area contributed by atoms with E-state index in [0.717, 1.165) is 4.90 Å². The standard InChI is InChI=1S/C14H19N3O7S/c15-8(5-24-23)2-1-3-9(19)16-10-12(20)17-11(14(21)22)7(4-18)6-25-13(10)17/h4,8,10,13,23H,1-3,5-6,15H2,(H,16,19)(H,21,22). The molecule has 1 fully saturated rings. The summed E-state index contributed by atoms with van der Waals surface area (Å²) in [4.78, 5) is 51.4. The first-order chi connectivity index (χ1) is 11.9. The molecule has 3 unspecified atom stereocenters. The lowest BCUT2D eigenvalue weighted by molar-refractivity contribution is -0.245. The van der Waals surface area contributed by atoms with Crippen LogP contribution in [0.15, 0.2) is 11.3 Å². The molecule has 2 heterocycles. The fourth-order valence-corrected chi connectivity index (χ4v) is 3.97. The van der Waals surface area contributed by atoms with E-state index in [0.29, 0.717) is 19.1 Å². The largest absolute Gasteiger partial charge is 0.477 e. The van der Waals surface area contributed by atoms with Gasteiger partial charge in [-0.2, -0.15) is 0 Å². The van der Waals surface area contributed by atoms with Crippen molar-refractivity contribution < 1.29 is 34.4 Å². The zero-order valence-electron chi connectivity index (χ0n) is 13.2. The number of nitrogens with two attached hydrogens (primary N) is 1. The van der Waals surface area contributed by atoms with Gasteiger partial charge in [-0.05, 0) is 12.8 Å². The maximum absolute atomic E-state index is 12.2. The highest BCUT2D eigenvalue weighted by Crippen LogP contribution is 2.39. The second-order valence-corrected chi connectivity index (χ2v) is 6.80. The molecule has 11 heteroatoms. The number of rotatable bonds is 9. The molecule has 0 aromatic rings. The second-order valence-electron chi connectivity index (χ2n) is 5.70. The van der Waals surface area contributed by atoms with Crippen molar-refractivity contribution in [2.24, 2.45) is 5.73 Å². The topological polar surface area (TPSA) is 159 Å². The van der Waals surface area contributed by atoms with E-state index in [4.69, 9.17) is 11.0 Å². The zero-order valence-corrected chi connectivity index (χ0v) is 14.0. The number of fused-ring (bicyclic) bond motifs is 1. The van der Waals surface area contributed by atoms with E-state index in [1.54, 1.807) is 0 Å². The Morgan fingerprint density at radius 3 is 2.84 bits per heavy atom. The molecule has 0 saturated carbocycles. The monoisotopic (exact) mass is 373 g/mol. The van der Waals surface area contributed by atoms with Crippen LogP contribution in [0.5, 0.6) is 0 Å². The van der Waals surface area contributed by atoms with Crippen molar-refractivity contribution in [2.75, 3.05) is 12.4 Å². The summed E-state index contributed by atoms with van der Waals surface area (Å²) < 4.78 is 0. The van der Waals surface area contributed by atoms with Crippen LogP contribution in [0.25, 0.3) is 0 Å². The Balaban J connectivity index is 1.89. The molecule has 2 aliphatic heterocycles. The number of carbonyl (C=O) groups excluding carboxylic acids is 3. The minimum Gasteiger partial charge on any atom is -0.477 e. The highest BCUT2D eigenvalue weighted by Gasteiger charge is 2.54. The summed E-state index contributed by atoms with van der Waals surface area (Å²) in [6.07, 6.45) is 1.49. The van der Waals surface area contributed by atoms with Gasteiger partial charge in [0.2, 0.25) is 5.91 Å². The number of amides is 2. The lowest BCUT2D eigenvalue weighted by atomic mass is 10.0. The average molecular weight is 373 g/mol. The van der Waals surface area contributed by atoms with Crippen LogP contribution in [0.2, 0.25) is 0 Å². The first-order valence-corrected chi connectivity index (χ1v) is 8.63. The maximum atomic E-state index is 12.2. The van der Waals surface area contributed by atoms with Gasteiger partial charge in [0.15, 0.2) is 0 Å². The van der Waals surface area contributed by atoms with Gasteiger partial charge in [0.05, 0.1) is 6.61 Å². The third-order valence-electron chi connectivity index (χ3n) is 3.93. The number of nitrogens with one attached hydrogen (secondary N) is 1. The summed E-state index contributed by atoms with van der Waals surface area (Å²) >= 11 is 1.23. The summed E-state index contributed by atoms with van der Waals surface area (Å²) in [5, 5.41) is 19.5. The van der Waals surface area contributed by atoms with Crippen LogP contribution in [-0.2, 0) is 24.1 Å². The summed E-state index contributed by atoms with van der Waals surface area (Å²) in [5.41, 5.74) is 5.35. The quantitative estimate of drug-likeness (QED) is 0.170. The van der Waals surface area contributed by atoms with Crippen molar-refractivity contribution in [1.82, 2.24) is 10.2 Å². The van der Waals surface area contributed by atoms with E-state index in [1.807, 2.05) is 0 Å². The van der Waals surface area contributed by atoms with Crippen LogP contribution in [0, 0.1) is 0 Å². The van der Waals surface area contributed by atoms with Crippen molar-refractivity contribution in [1.29, 1.82) is 0 Å². The number of aliphatic carboxylic acids is 1. The average Bonchev–Trinajstić information content (AvgIpc) is 2.58. The van der Waals surface area contributed by atoms with Gasteiger partial charge in [0.25, 0.3) is 5.91 Å². The van der Waals surface area contributed by atoms with Crippen molar-refractivity contribution in [3.8, 4) is 0 Å². The smallest absolute Gasteiger partial charge is 0.353 e. The molecule has 1 saturated heterocycles. The molecule has 0 aromatic heterocycles. The number of carbonyl (C=O) groups is 4. The maximum Gasteiger partial charge on any atom is 0.353 e. The van der Waals surface area contributed by atoms with Crippen LogP contribution in [-0.4, -0.2) is 69.2 Å². The van der Waals surface area contributed by atoms with E-state index < -0.39 is 29.3 Å². The molecular formula is C14H19N3O7S. The van der Waals surface area contributed by atoms with E-state index in [9.17, 15) is 24.3 Å². The molecule has 0 aromatic carbocycles. The lowest BCUT2D eigenvalue weighted by Crippen LogP contribution is -2.70. The van der Waals surface area contributed by atoms with Crippen molar-refractivity contribution >= 4 is 35.8 Å². The van der Waals surface area contributed by atoms with Crippen LogP contribution < -0.4 is 11.1 Å². The Morgan fingerprint density at radius 1 is 1.52 bits per heavy atom. The molecule has 2 amide bonds. The molecule has 0 radical (unpaired) electrons. The Labute approximate surface area is 147 Å². The Hall–Kier alpha value is -1.95. The molecule has 3 atom stereocenters. The van der Waals surface area contributed by atoms with Gasteiger partial charge in [-0.1, -0.05) is 0 Å². The third kappa shape index (κ3) is 4.18. The minimum absolute atomic E-state index is 0.0280. The molecule has 2 rings (SSSR count). The summed E-state index contributed by atoms with van der Waals surface area (Å²) in [6, 6.07) is -1.20. The number of β-lactam (4-membered cyclic amide) rings is 1.